The maximum absolute atomic E-state index is 11.7. The van der Waals surface area contributed by atoms with Gasteiger partial charge in [-0.1, -0.05) is 23.2 Å². The fourth-order valence-electron chi connectivity index (χ4n) is 2.22. The van der Waals surface area contributed by atoms with Crippen LogP contribution in [0.25, 0.3) is 0 Å². The number of anilines is 1. The SMILES string of the molecule is CC(=O)N1CCCC(N)c2c(Cl)ccc(Cl)c21. The van der Waals surface area contributed by atoms with Crippen LogP contribution in [-0.2, 0) is 4.79 Å². The highest BCUT2D eigenvalue weighted by atomic mass is 35.5. The topological polar surface area (TPSA) is 46.3 Å². The average Bonchev–Trinajstić information content (AvgIpc) is 2.44. The molecule has 1 amide bonds. The van der Waals surface area contributed by atoms with Crippen LogP contribution in [0.4, 0.5) is 5.69 Å². The molecule has 0 saturated carbocycles. The second kappa shape index (κ2) is 4.84. The smallest absolute Gasteiger partial charge is 0.223 e. The lowest BCUT2D eigenvalue weighted by Gasteiger charge is -2.24. The molecule has 0 fully saturated rings. The molecule has 17 heavy (non-hydrogen) atoms. The summed E-state index contributed by atoms with van der Waals surface area (Å²) >= 11 is 12.4. The molecular weight excluding hydrogens is 259 g/mol. The van der Waals surface area contributed by atoms with Crippen LogP contribution in [0.3, 0.4) is 0 Å². The van der Waals surface area contributed by atoms with Gasteiger partial charge in [-0.3, -0.25) is 4.79 Å². The van der Waals surface area contributed by atoms with E-state index in [1.807, 2.05) is 0 Å². The van der Waals surface area contributed by atoms with Crippen molar-refractivity contribution in [1.29, 1.82) is 0 Å². The van der Waals surface area contributed by atoms with Gasteiger partial charge in [0.1, 0.15) is 0 Å². The number of halogens is 2. The summed E-state index contributed by atoms with van der Waals surface area (Å²) in [4.78, 5) is 13.3. The molecule has 1 aliphatic rings. The third-order valence-electron chi connectivity index (χ3n) is 3.03. The maximum atomic E-state index is 11.7. The van der Waals surface area contributed by atoms with Crippen LogP contribution in [0.5, 0.6) is 0 Å². The molecule has 0 saturated heterocycles. The first-order valence-electron chi connectivity index (χ1n) is 5.54. The van der Waals surface area contributed by atoms with E-state index in [1.165, 1.54) is 6.92 Å². The average molecular weight is 273 g/mol. The van der Waals surface area contributed by atoms with Gasteiger partial charge in [0.15, 0.2) is 0 Å². The molecule has 0 radical (unpaired) electrons. The monoisotopic (exact) mass is 272 g/mol. The second-order valence-corrected chi connectivity index (χ2v) is 5.03. The Morgan fingerprint density at radius 1 is 1.41 bits per heavy atom. The number of amides is 1. The Labute approximate surface area is 110 Å². The zero-order chi connectivity index (χ0) is 12.6. The molecule has 5 heteroatoms. The van der Waals surface area contributed by atoms with E-state index in [0.29, 0.717) is 22.3 Å². The van der Waals surface area contributed by atoms with Crippen LogP contribution >= 0.6 is 23.2 Å². The minimum absolute atomic E-state index is 0.0375. The number of benzene rings is 1. The first-order chi connectivity index (χ1) is 8.02. The van der Waals surface area contributed by atoms with Crippen molar-refractivity contribution in [2.45, 2.75) is 25.8 Å². The first kappa shape index (κ1) is 12.7. The maximum Gasteiger partial charge on any atom is 0.223 e. The van der Waals surface area contributed by atoms with Crippen molar-refractivity contribution in [1.82, 2.24) is 0 Å². The molecule has 0 aliphatic carbocycles. The van der Waals surface area contributed by atoms with Crippen molar-refractivity contribution >= 4 is 34.8 Å². The molecule has 3 nitrogen and oxygen atoms in total. The minimum atomic E-state index is -0.166. The first-order valence-corrected chi connectivity index (χ1v) is 6.29. The summed E-state index contributed by atoms with van der Waals surface area (Å²) in [6.45, 7) is 2.16. The summed E-state index contributed by atoms with van der Waals surface area (Å²) in [6, 6.07) is 3.27. The van der Waals surface area contributed by atoms with E-state index in [4.69, 9.17) is 28.9 Å². The molecule has 0 aromatic heterocycles. The Morgan fingerprint density at radius 3 is 2.71 bits per heavy atom. The van der Waals surface area contributed by atoms with Gasteiger partial charge in [-0.15, -0.1) is 0 Å². The number of hydrogen-bond donors (Lipinski definition) is 1. The van der Waals surface area contributed by atoms with E-state index in [0.717, 1.165) is 18.4 Å². The molecule has 1 aromatic carbocycles. The molecule has 1 heterocycles. The van der Waals surface area contributed by atoms with Crippen LogP contribution < -0.4 is 10.6 Å². The number of fused-ring (bicyclic) bond motifs is 1. The van der Waals surface area contributed by atoms with E-state index in [9.17, 15) is 4.79 Å². The zero-order valence-electron chi connectivity index (χ0n) is 9.54. The fourth-order valence-corrected chi connectivity index (χ4v) is 2.78. The second-order valence-electron chi connectivity index (χ2n) is 4.21. The summed E-state index contributed by atoms with van der Waals surface area (Å²) in [7, 11) is 0. The number of rotatable bonds is 0. The third-order valence-corrected chi connectivity index (χ3v) is 3.67. The third kappa shape index (κ3) is 2.28. The summed E-state index contributed by atoms with van der Waals surface area (Å²) in [6.07, 6.45) is 1.65. The minimum Gasteiger partial charge on any atom is -0.324 e. The Kier molecular flexibility index (Phi) is 3.61. The molecule has 92 valence electrons. The van der Waals surface area contributed by atoms with Gasteiger partial charge in [0.25, 0.3) is 0 Å². The summed E-state index contributed by atoms with van der Waals surface area (Å²) < 4.78 is 0. The van der Waals surface area contributed by atoms with Gasteiger partial charge in [-0.2, -0.15) is 0 Å². The number of carbonyl (C=O) groups excluding carboxylic acids is 1. The van der Waals surface area contributed by atoms with Crippen LogP contribution in [0, 0.1) is 0 Å². The van der Waals surface area contributed by atoms with Crippen molar-refractivity contribution in [3.8, 4) is 0 Å². The Morgan fingerprint density at radius 2 is 2.06 bits per heavy atom. The van der Waals surface area contributed by atoms with Gasteiger partial charge in [-0.05, 0) is 25.0 Å². The van der Waals surface area contributed by atoms with Crippen molar-refractivity contribution in [2.75, 3.05) is 11.4 Å². The summed E-state index contributed by atoms with van der Waals surface area (Å²) in [5.74, 6) is -0.0375. The van der Waals surface area contributed by atoms with E-state index < -0.39 is 0 Å². The zero-order valence-corrected chi connectivity index (χ0v) is 11.1. The molecule has 1 atom stereocenters. The predicted molar refractivity (Wildman–Crippen MR) is 70.7 cm³/mol. The van der Waals surface area contributed by atoms with E-state index in [2.05, 4.69) is 0 Å². The van der Waals surface area contributed by atoms with Crippen LogP contribution in [-0.4, -0.2) is 12.5 Å². The molecule has 2 rings (SSSR count). The van der Waals surface area contributed by atoms with Crippen LogP contribution in [0.2, 0.25) is 10.0 Å². The van der Waals surface area contributed by atoms with Gasteiger partial charge < -0.3 is 10.6 Å². The Balaban J connectivity index is 2.66. The normalized spacial score (nSPS) is 19.8. The van der Waals surface area contributed by atoms with Gasteiger partial charge >= 0.3 is 0 Å². The highest BCUT2D eigenvalue weighted by Gasteiger charge is 2.27. The molecule has 0 spiro atoms. The number of carbonyl (C=O) groups is 1. The predicted octanol–water partition coefficient (Wildman–Crippen LogP) is 3.14. The van der Waals surface area contributed by atoms with E-state index in [1.54, 1.807) is 17.0 Å². The standard InChI is InChI=1S/C12H14Cl2N2O/c1-7(17)16-6-2-3-10(15)11-8(13)4-5-9(14)12(11)16/h4-5,10H,2-3,6,15H2,1H3. The van der Waals surface area contributed by atoms with Crippen molar-refractivity contribution in [2.24, 2.45) is 5.73 Å². The highest BCUT2D eigenvalue weighted by molar-refractivity contribution is 6.36. The fraction of sp³-hybridized carbons (Fsp3) is 0.417. The van der Waals surface area contributed by atoms with Crippen LogP contribution in [0.15, 0.2) is 12.1 Å². The van der Waals surface area contributed by atoms with E-state index in [-0.39, 0.29) is 11.9 Å². The van der Waals surface area contributed by atoms with Gasteiger partial charge in [-0.25, -0.2) is 0 Å². The quantitative estimate of drug-likeness (QED) is 0.789. The Hall–Kier alpha value is -0.770. The van der Waals surface area contributed by atoms with Gasteiger partial charge in [0, 0.05) is 30.1 Å². The summed E-state index contributed by atoms with van der Waals surface area (Å²) in [5, 5.41) is 1.10. The molecular formula is C12H14Cl2N2O. The number of nitrogens with two attached hydrogens (primary N) is 1. The van der Waals surface area contributed by atoms with Gasteiger partial charge in [0.05, 0.1) is 10.7 Å². The highest BCUT2D eigenvalue weighted by Crippen LogP contribution is 2.41. The largest absolute Gasteiger partial charge is 0.324 e. The molecule has 1 aromatic rings. The lowest BCUT2D eigenvalue weighted by atomic mass is 10.0. The molecule has 0 bridgehead atoms. The Bertz CT molecular complexity index is 462. The lowest BCUT2D eigenvalue weighted by molar-refractivity contribution is -0.116. The van der Waals surface area contributed by atoms with Gasteiger partial charge in [0.2, 0.25) is 5.91 Å². The lowest BCUT2D eigenvalue weighted by Crippen LogP contribution is -2.29. The molecule has 1 unspecified atom stereocenters. The number of hydrogen-bond acceptors (Lipinski definition) is 2. The van der Waals surface area contributed by atoms with Crippen LogP contribution in [0.1, 0.15) is 31.4 Å². The van der Waals surface area contributed by atoms with E-state index >= 15 is 0 Å². The number of nitrogens with zero attached hydrogens (tertiary/aromatic N) is 1. The van der Waals surface area contributed by atoms with Crippen molar-refractivity contribution in [3.05, 3.63) is 27.7 Å². The molecule has 2 N–H and O–H groups in total. The van der Waals surface area contributed by atoms with Crippen molar-refractivity contribution < 1.29 is 4.79 Å². The molecule has 1 aliphatic heterocycles. The van der Waals surface area contributed by atoms with Crippen molar-refractivity contribution in [3.63, 3.8) is 0 Å². The summed E-state index contributed by atoms with van der Waals surface area (Å²) in [5.41, 5.74) is 7.56.